The van der Waals surface area contributed by atoms with Crippen molar-refractivity contribution in [2.75, 3.05) is 6.61 Å². The molecule has 3 nitrogen and oxygen atoms in total. The summed E-state index contributed by atoms with van der Waals surface area (Å²) in [5, 5.41) is 0. The Balaban J connectivity index is 1.68. The third-order valence-electron chi connectivity index (χ3n) is 4.89. The molecule has 0 radical (unpaired) electrons. The van der Waals surface area contributed by atoms with E-state index in [1.165, 1.54) is 17.0 Å². The van der Waals surface area contributed by atoms with Crippen molar-refractivity contribution in [1.82, 2.24) is 9.55 Å². The van der Waals surface area contributed by atoms with Gasteiger partial charge < -0.3 is 9.30 Å². The number of hydrogen-bond acceptors (Lipinski definition) is 3. The summed E-state index contributed by atoms with van der Waals surface area (Å²) in [6.45, 7) is 6.07. The van der Waals surface area contributed by atoms with Gasteiger partial charge in [-0.3, -0.25) is 0 Å². The predicted octanol–water partition coefficient (Wildman–Crippen LogP) is 6.38. The van der Waals surface area contributed by atoms with E-state index in [1.54, 1.807) is 0 Å². The molecule has 0 fully saturated rings. The van der Waals surface area contributed by atoms with Crippen molar-refractivity contribution < 1.29 is 9.13 Å². The van der Waals surface area contributed by atoms with Crippen molar-refractivity contribution >= 4 is 11.8 Å². The summed E-state index contributed by atoms with van der Waals surface area (Å²) in [6, 6.07) is 15.2. The van der Waals surface area contributed by atoms with Crippen LogP contribution in [-0.4, -0.2) is 20.9 Å². The number of nitrogens with zero attached hydrogens (tertiary/aromatic N) is 2. The van der Waals surface area contributed by atoms with Gasteiger partial charge in [0, 0.05) is 28.6 Å². The first-order chi connectivity index (χ1) is 14.1. The molecule has 29 heavy (non-hydrogen) atoms. The summed E-state index contributed by atoms with van der Waals surface area (Å²) < 4.78 is 21.1. The van der Waals surface area contributed by atoms with E-state index < -0.39 is 0 Å². The Morgan fingerprint density at radius 1 is 1.10 bits per heavy atom. The van der Waals surface area contributed by atoms with Crippen molar-refractivity contribution in [1.29, 1.82) is 0 Å². The molecule has 3 rings (SSSR count). The molecule has 0 aliphatic carbocycles. The van der Waals surface area contributed by atoms with Gasteiger partial charge in [-0.05, 0) is 68.1 Å². The third-order valence-corrected chi connectivity index (χ3v) is 6.22. The summed E-state index contributed by atoms with van der Waals surface area (Å²) in [5.74, 6) is 0.732. The summed E-state index contributed by atoms with van der Waals surface area (Å²) in [6.07, 6.45) is 9.75. The Morgan fingerprint density at radius 2 is 1.86 bits per heavy atom. The SMILES string of the molecule is CCCCOc1ccc(SC(C)(CCc2ccc(F)cc2)Cn2ccnc2)cc1. The second-order valence-corrected chi connectivity index (χ2v) is 9.25. The minimum Gasteiger partial charge on any atom is -0.494 e. The number of aromatic nitrogens is 2. The normalized spacial score (nSPS) is 13.2. The molecule has 0 bridgehead atoms. The highest BCUT2D eigenvalue weighted by Crippen LogP contribution is 2.38. The van der Waals surface area contributed by atoms with Gasteiger partial charge in [0.05, 0.1) is 12.9 Å². The van der Waals surface area contributed by atoms with E-state index in [0.717, 1.165) is 50.1 Å². The molecular weight excluding hydrogens is 383 g/mol. The third kappa shape index (κ3) is 6.93. The molecule has 0 saturated heterocycles. The second-order valence-electron chi connectivity index (χ2n) is 7.59. The second kappa shape index (κ2) is 10.5. The summed E-state index contributed by atoms with van der Waals surface area (Å²) in [4.78, 5) is 5.40. The lowest BCUT2D eigenvalue weighted by atomic mass is 10.00. The molecule has 0 spiro atoms. The van der Waals surface area contributed by atoms with Gasteiger partial charge in [-0.1, -0.05) is 25.5 Å². The monoisotopic (exact) mass is 412 g/mol. The number of rotatable bonds is 11. The van der Waals surface area contributed by atoms with Crippen LogP contribution in [0.15, 0.2) is 72.1 Å². The van der Waals surface area contributed by atoms with Gasteiger partial charge in [0.2, 0.25) is 0 Å². The van der Waals surface area contributed by atoms with Crippen LogP contribution in [0.4, 0.5) is 4.39 Å². The smallest absolute Gasteiger partial charge is 0.123 e. The van der Waals surface area contributed by atoms with E-state index in [-0.39, 0.29) is 10.6 Å². The lowest BCUT2D eigenvalue weighted by Gasteiger charge is -2.30. The summed E-state index contributed by atoms with van der Waals surface area (Å²) >= 11 is 1.87. The number of halogens is 1. The van der Waals surface area contributed by atoms with Crippen LogP contribution in [0.2, 0.25) is 0 Å². The van der Waals surface area contributed by atoms with Gasteiger partial charge in [-0.25, -0.2) is 9.37 Å². The average Bonchev–Trinajstić information content (AvgIpc) is 3.22. The molecule has 1 unspecified atom stereocenters. The molecule has 154 valence electrons. The molecule has 0 aliphatic heterocycles. The van der Waals surface area contributed by atoms with Crippen molar-refractivity contribution in [2.45, 2.75) is 55.7 Å². The number of benzene rings is 2. The van der Waals surface area contributed by atoms with Crippen LogP contribution < -0.4 is 4.74 Å². The molecule has 2 aromatic carbocycles. The van der Waals surface area contributed by atoms with Crippen LogP contribution in [-0.2, 0) is 13.0 Å². The minimum atomic E-state index is -0.189. The van der Waals surface area contributed by atoms with E-state index in [9.17, 15) is 4.39 Å². The van der Waals surface area contributed by atoms with Gasteiger partial charge in [0.1, 0.15) is 11.6 Å². The minimum absolute atomic E-state index is 0.0281. The topological polar surface area (TPSA) is 27.1 Å². The van der Waals surface area contributed by atoms with Gasteiger partial charge in [-0.15, -0.1) is 11.8 Å². The molecule has 5 heteroatoms. The van der Waals surface area contributed by atoms with Crippen LogP contribution in [0.3, 0.4) is 0 Å². The van der Waals surface area contributed by atoms with Crippen molar-refractivity contribution in [3.05, 3.63) is 78.6 Å². The van der Waals surface area contributed by atoms with E-state index in [4.69, 9.17) is 4.74 Å². The summed E-state index contributed by atoms with van der Waals surface area (Å²) in [5.41, 5.74) is 1.16. The molecule has 1 atom stereocenters. The van der Waals surface area contributed by atoms with E-state index in [1.807, 2.05) is 42.6 Å². The fraction of sp³-hybridized carbons (Fsp3) is 0.375. The Morgan fingerprint density at radius 3 is 2.52 bits per heavy atom. The highest BCUT2D eigenvalue weighted by Gasteiger charge is 2.26. The maximum absolute atomic E-state index is 13.2. The van der Waals surface area contributed by atoms with Crippen LogP contribution in [0.25, 0.3) is 0 Å². The largest absolute Gasteiger partial charge is 0.494 e. The van der Waals surface area contributed by atoms with E-state index in [0.29, 0.717) is 0 Å². The zero-order valence-electron chi connectivity index (χ0n) is 17.2. The Hall–Kier alpha value is -2.27. The van der Waals surface area contributed by atoms with Crippen LogP contribution in [0.5, 0.6) is 5.75 Å². The fourth-order valence-corrected chi connectivity index (χ4v) is 4.47. The molecule has 0 N–H and O–H groups in total. The molecule has 0 aliphatic rings. The molecule has 0 saturated carbocycles. The maximum atomic E-state index is 13.2. The lowest BCUT2D eigenvalue weighted by molar-refractivity contribution is 0.309. The number of hydrogen-bond donors (Lipinski definition) is 0. The Bertz CT molecular complexity index is 850. The zero-order chi connectivity index (χ0) is 20.5. The number of unbranched alkanes of at least 4 members (excludes halogenated alkanes) is 1. The first kappa shape index (κ1) is 21.4. The van der Waals surface area contributed by atoms with Gasteiger partial charge in [0.25, 0.3) is 0 Å². The number of ether oxygens (including phenoxy) is 1. The fourth-order valence-electron chi connectivity index (χ4n) is 3.21. The number of imidazole rings is 1. The van der Waals surface area contributed by atoms with Gasteiger partial charge in [0.15, 0.2) is 0 Å². The molecule has 3 aromatic rings. The molecular formula is C24H29FN2OS. The first-order valence-electron chi connectivity index (χ1n) is 10.2. The predicted molar refractivity (Wildman–Crippen MR) is 118 cm³/mol. The maximum Gasteiger partial charge on any atom is 0.123 e. The highest BCUT2D eigenvalue weighted by atomic mass is 32.2. The number of aryl methyl sites for hydroxylation is 1. The van der Waals surface area contributed by atoms with E-state index in [2.05, 4.69) is 47.7 Å². The molecule has 1 heterocycles. The Kier molecular flexibility index (Phi) is 7.76. The van der Waals surface area contributed by atoms with Gasteiger partial charge in [-0.2, -0.15) is 0 Å². The highest BCUT2D eigenvalue weighted by molar-refractivity contribution is 8.00. The summed E-state index contributed by atoms with van der Waals surface area (Å²) in [7, 11) is 0. The first-order valence-corrected chi connectivity index (χ1v) is 11.0. The van der Waals surface area contributed by atoms with Gasteiger partial charge >= 0.3 is 0 Å². The average molecular weight is 413 g/mol. The molecule has 0 amide bonds. The van der Waals surface area contributed by atoms with Crippen LogP contribution in [0, 0.1) is 5.82 Å². The number of thioether (sulfide) groups is 1. The zero-order valence-corrected chi connectivity index (χ0v) is 18.0. The van der Waals surface area contributed by atoms with Crippen molar-refractivity contribution in [2.24, 2.45) is 0 Å². The quantitative estimate of drug-likeness (QED) is 0.270. The van der Waals surface area contributed by atoms with Crippen molar-refractivity contribution in [3.8, 4) is 5.75 Å². The van der Waals surface area contributed by atoms with Crippen LogP contribution in [0.1, 0.15) is 38.7 Å². The molecule has 1 aromatic heterocycles. The standard InChI is InChI=1S/C24H29FN2OS/c1-3-4-17-28-22-9-11-23(12-10-22)29-24(2,18-27-16-15-26-19-27)14-13-20-5-7-21(25)8-6-20/h5-12,15-16,19H,3-4,13-14,17-18H2,1-2H3. The van der Waals surface area contributed by atoms with E-state index >= 15 is 0 Å². The van der Waals surface area contributed by atoms with Crippen molar-refractivity contribution in [3.63, 3.8) is 0 Å². The lowest BCUT2D eigenvalue weighted by Crippen LogP contribution is -2.27. The Labute approximate surface area is 177 Å². The van der Waals surface area contributed by atoms with Crippen LogP contribution >= 0.6 is 11.8 Å².